The number of hydrogen-bond acceptors (Lipinski definition) is 4. The van der Waals surface area contributed by atoms with Gasteiger partial charge in [0.15, 0.2) is 0 Å². The summed E-state index contributed by atoms with van der Waals surface area (Å²) >= 11 is 0. The number of carbonyl (C=O) groups excluding carboxylic acids is 1. The lowest BCUT2D eigenvalue weighted by molar-refractivity contribution is 0.0491. The van der Waals surface area contributed by atoms with Gasteiger partial charge in [-0.2, -0.15) is 5.10 Å². The van der Waals surface area contributed by atoms with E-state index >= 15 is 0 Å². The molecule has 15 heavy (non-hydrogen) atoms. The van der Waals surface area contributed by atoms with Crippen molar-refractivity contribution >= 4 is 5.91 Å². The van der Waals surface area contributed by atoms with Crippen LogP contribution in [-0.2, 0) is 0 Å². The van der Waals surface area contributed by atoms with Crippen LogP contribution >= 0.6 is 0 Å². The smallest absolute Gasteiger partial charge is 0.291 e. The third-order valence-electron chi connectivity index (χ3n) is 2.72. The molecule has 82 valence electrons. The molecule has 0 aromatic carbocycles. The Balaban J connectivity index is 2.11. The molecule has 6 nitrogen and oxygen atoms in total. The third-order valence-corrected chi connectivity index (χ3v) is 2.72. The number of piperidine rings is 1. The van der Waals surface area contributed by atoms with E-state index < -0.39 is 0 Å². The molecule has 1 fully saturated rings. The molecular weight excluding hydrogens is 196 g/mol. The zero-order valence-corrected chi connectivity index (χ0v) is 8.39. The maximum Gasteiger partial charge on any atom is 0.291 e. The number of likely N-dealkylation sites (tertiary alicyclic amines) is 1. The normalized spacial score (nSPS) is 21.7. The molecule has 1 aromatic heterocycles. The molecule has 0 radical (unpaired) electrons. The molecule has 0 saturated carbocycles. The molecule has 0 spiro atoms. The highest BCUT2D eigenvalue weighted by Gasteiger charge is 2.28. The summed E-state index contributed by atoms with van der Waals surface area (Å²) in [6.45, 7) is 0.699. The Morgan fingerprint density at radius 3 is 3.20 bits per heavy atom. The van der Waals surface area contributed by atoms with E-state index in [9.17, 15) is 4.79 Å². The minimum atomic E-state index is -0.175. The monoisotopic (exact) mass is 210 g/mol. The maximum absolute atomic E-state index is 11.9. The highest BCUT2D eigenvalue weighted by molar-refractivity contribution is 5.90. The minimum absolute atomic E-state index is 0.0138. The Labute approximate surface area is 87.3 Å². The van der Waals surface area contributed by atoms with Crippen LogP contribution in [0.1, 0.15) is 29.9 Å². The average molecular weight is 210 g/mol. The van der Waals surface area contributed by atoms with Crippen molar-refractivity contribution in [2.45, 2.75) is 25.3 Å². The lowest BCUT2D eigenvalue weighted by atomic mass is 10.0. The van der Waals surface area contributed by atoms with Gasteiger partial charge in [-0.3, -0.25) is 9.89 Å². The Bertz CT molecular complexity index is 325. The van der Waals surface area contributed by atoms with Gasteiger partial charge in [-0.25, -0.2) is 4.98 Å². The highest BCUT2D eigenvalue weighted by atomic mass is 16.3. The van der Waals surface area contributed by atoms with Gasteiger partial charge >= 0.3 is 0 Å². The number of rotatable bonds is 2. The molecule has 1 aliphatic heterocycles. The number of amides is 1. The zero-order chi connectivity index (χ0) is 10.7. The first-order chi connectivity index (χ1) is 7.33. The van der Waals surface area contributed by atoms with Crippen LogP contribution in [0.3, 0.4) is 0 Å². The van der Waals surface area contributed by atoms with Gasteiger partial charge in [0.2, 0.25) is 5.82 Å². The van der Waals surface area contributed by atoms with Gasteiger partial charge < -0.3 is 10.0 Å². The van der Waals surface area contributed by atoms with Gasteiger partial charge in [0.05, 0.1) is 12.6 Å². The van der Waals surface area contributed by atoms with Crippen molar-refractivity contribution in [3.8, 4) is 0 Å². The van der Waals surface area contributed by atoms with E-state index in [2.05, 4.69) is 15.2 Å². The fourth-order valence-electron chi connectivity index (χ4n) is 1.90. The quantitative estimate of drug-likeness (QED) is 0.707. The van der Waals surface area contributed by atoms with E-state index in [4.69, 9.17) is 5.11 Å². The summed E-state index contributed by atoms with van der Waals surface area (Å²) in [5.41, 5.74) is 0. The lowest BCUT2D eigenvalue weighted by Crippen LogP contribution is -2.46. The van der Waals surface area contributed by atoms with Gasteiger partial charge in [-0.05, 0) is 19.3 Å². The zero-order valence-electron chi connectivity index (χ0n) is 8.39. The summed E-state index contributed by atoms with van der Waals surface area (Å²) in [7, 11) is 0. The summed E-state index contributed by atoms with van der Waals surface area (Å²) < 4.78 is 0. The van der Waals surface area contributed by atoms with E-state index in [0.717, 1.165) is 19.3 Å². The molecule has 1 atom stereocenters. The van der Waals surface area contributed by atoms with E-state index in [0.29, 0.717) is 6.54 Å². The predicted molar refractivity (Wildman–Crippen MR) is 52.1 cm³/mol. The molecule has 0 bridgehead atoms. The summed E-state index contributed by atoms with van der Waals surface area (Å²) in [6.07, 6.45) is 4.21. The molecule has 6 heteroatoms. The van der Waals surface area contributed by atoms with Crippen molar-refractivity contribution in [1.29, 1.82) is 0 Å². The number of nitrogens with zero attached hydrogens (tertiary/aromatic N) is 3. The largest absolute Gasteiger partial charge is 0.394 e. The Morgan fingerprint density at radius 2 is 2.53 bits per heavy atom. The highest BCUT2D eigenvalue weighted by Crippen LogP contribution is 2.17. The van der Waals surface area contributed by atoms with E-state index in [1.807, 2.05) is 0 Å². The Kier molecular flexibility index (Phi) is 2.96. The molecule has 1 aromatic rings. The molecule has 2 heterocycles. The van der Waals surface area contributed by atoms with Gasteiger partial charge in [-0.1, -0.05) is 0 Å². The van der Waals surface area contributed by atoms with Crippen molar-refractivity contribution in [1.82, 2.24) is 20.1 Å². The van der Waals surface area contributed by atoms with E-state index in [1.165, 1.54) is 6.33 Å². The van der Waals surface area contributed by atoms with Crippen LogP contribution in [0.5, 0.6) is 0 Å². The summed E-state index contributed by atoms with van der Waals surface area (Å²) in [6, 6.07) is -0.0728. The molecule has 0 aliphatic carbocycles. The maximum atomic E-state index is 11.9. The van der Waals surface area contributed by atoms with Crippen LogP contribution in [0.25, 0.3) is 0 Å². The lowest BCUT2D eigenvalue weighted by Gasteiger charge is -2.33. The van der Waals surface area contributed by atoms with Crippen molar-refractivity contribution in [3.05, 3.63) is 12.2 Å². The van der Waals surface area contributed by atoms with Crippen LogP contribution < -0.4 is 0 Å². The first kappa shape index (κ1) is 10.1. The second-order valence-corrected chi connectivity index (χ2v) is 3.66. The van der Waals surface area contributed by atoms with Crippen LogP contribution in [0, 0.1) is 0 Å². The Morgan fingerprint density at radius 1 is 1.67 bits per heavy atom. The number of aromatic amines is 1. The number of nitrogens with one attached hydrogen (secondary N) is 1. The summed E-state index contributed by atoms with van der Waals surface area (Å²) in [4.78, 5) is 17.4. The van der Waals surface area contributed by atoms with Gasteiger partial charge in [-0.15, -0.1) is 0 Å². The molecule has 1 saturated heterocycles. The first-order valence-electron chi connectivity index (χ1n) is 5.10. The molecule has 1 unspecified atom stereocenters. The molecule has 2 rings (SSSR count). The number of aliphatic hydroxyl groups excluding tert-OH is 1. The number of carbonyl (C=O) groups is 1. The van der Waals surface area contributed by atoms with Crippen molar-refractivity contribution < 1.29 is 9.90 Å². The molecule has 1 aliphatic rings. The van der Waals surface area contributed by atoms with Gasteiger partial charge in [0, 0.05) is 6.54 Å². The fourth-order valence-corrected chi connectivity index (χ4v) is 1.90. The number of aromatic nitrogens is 3. The number of aliphatic hydroxyl groups is 1. The van der Waals surface area contributed by atoms with Crippen molar-refractivity contribution in [2.24, 2.45) is 0 Å². The summed E-state index contributed by atoms with van der Waals surface area (Å²) in [5, 5.41) is 15.4. The molecule has 1 amide bonds. The van der Waals surface area contributed by atoms with E-state index in [-0.39, 0.29) is 24.4 Å². The average Bonchev–Trinajstić information content (AvgIpc) is 2.81. The van der Waals surface area contributed by atoms with Crippen molar-refractivity contribution in [2.75, 3.05) is 13.2 Å². The topological polar surface area (TPSA) is 82.1 Å². The van der Waals surface area contributed by atoms with Gasteiger partial charge in [0.1, 0.15) is 6.33 Å². The number of H-pyrrole nitrogens is 1. The van der Waals surface area contributed by atoms with Crippen LogP contribution in [0.2, 0.25) is 0 Å². The predicted octanol–water partition coefficient (Wildman–Crippen LogP) is -0.208. The van der Waals surface area contributed by atoms with Crippen LogP contribution in [-0.4, -0.2) is 50.3 Å². The molecular formula is C9H14N4O2. The second kappa shape index (κ2) is 4.39. The minimum Gasteiger partial charge on any atom is -0.394 e. The first-order valence-corrected chi connectivity index (χ1v) is 5.10. The van der Waals surface area contributed by atoms with Crippen LogP contribution in [0.4, 0.5) is 0 Å². The molecule has 2 N–H and O–H groups in total. The number of hydrogen-bond donors (Lipinski definition) is 2. The standard InChI is InChI=1S/C9H14N4O2/c14-5-7-3-1-2-4-13(7)9(15)8-10-6-11-12-8/h6-7,14H,1-5H2,(H,10,11,12). The van der Waals surface area contributed by atoms with Crippen LogP contribution in [0.15, 0.2) is 6.33 Å². The second-order valence-electron chi connectivity index (χ2n) is 3.66. The van der Waals surface area contributed by atoms with Crippen molar-refractivity contribution in [3.63, 3.8) is 0 Å². The SMILES string of the molecule is O=C(c1ncn[nH]1)N1CCCCC1CO. The Hall–Kier alpha value is -1.43. The summed E-state index contributed by atoms with van der Waals surface area (Å²) in [5.74, 6) is 0.0709. The van der Waals surface area contributed by atoms with Gasteiger partial charge in [0.25, 0.3) is 5.91 Å². The fraction of sp³-hybridized carbons (Fsp3) is 0.667. The third kappa shape index (κ3) is 1.99. The van der Waals surface area contributed by atoms with E-state index in [1.54, 1.807) is 4.90 Å².